The molecule has 0 bridgehead atoms. The standard InChI is InChI=1S/C25H18BrClN2O5/c1-33-22-12-15(11-20(26)23(22)34-14-17-4-2-3-5-21(17)27)10-18(13-28)24(30)29-19-8-6-16(7-9-19)25(31)32/h2-12H,14H2,1H3,(H,29,30)(H,31,32)/b18-10+. The number of ether oxygens (including phenoxy) is 2. The van der Waals surface area contributed by atoms with Gasteiger partial charge in [0.25, 0.3) is 5.91 Å². The molecule has 3 aromatic rings. The van der Waals surface area contributed by atoms with Gasteiger partial charge in [-0.3, -0.25) is 4.79 Å². The number of hydrogen-bond acceptors (Lipinski definition) is 5. The highest BCUT2D eigenvalue weighted by Crippen LogP contribution is 2.38. The number of benzene rings is 3. The number of amides is 1. The van der Waals surface area contributed by atoms with Crippen LogP contribution in [0.1, 0.15) is 21.5 Å². The van der Waals surface area contributed by atoms with Crippen molar-refractivity contribution in [1.82, 2.24) is 0 Å². The topological polar surface area (TPSA) is 109 Å². The smallest absolute Gasteiger partial charge is 0.335 e. The SMILES string of the molecule is COc1cc(/C=C(\C#N)C(=O)Nc2ccc(C(=O)O)cc2)cc(Br)c1OCc1ccccc1Cl. The number of nitrogens with one attached hydrogen (secondary N) is 1. The minimum atomic E-state index is -1.07. The van der Waals surface area contributed by atoms with Gasteiger partial charge < -0.3 is 19.9 Å². The number of methoxy groups -OCH3 is 1. The van der Waals surface area contributed by atoms with Gasteiger partial charge in [-0.25, -0.2) is 4.79 Å². The van der Waals surface area contributed by atoms with Crippen molar-refractivity contribution in [3.63, 3.8) is 0 Å². The van der Waals surface area contributed by atoms with E-state index in [0.717, 1.165) is 5.56 Å². The van der Waals surface area contributed by atoms with Crippen molar-refractivity contribution >= 4 is 51.2 Å². The Balaban J connectivity index is 1.80. The van der Waals surface area contributed by atoms with Gasteiger partial charge in [0.15, 0.2) is 11.5 Å². The Morgan fingerprint density at radius 3 is 2.50 bits per heavy atom. The number of nitrogens with zero attached hydrogens (tertiary/aromatic N) is 1. The molecule has 34 heavy (non-hydrogen) atoms. The molecule has 172 valence electrons. The predicted molar refractivity (Wildman–Crippen MR) is 132 cm³/mol. The maximum Gasteiger partial charge on any atom is 0.335 e. The molecule has 0 spiro atoms. The van der Waals surface area contributed by atoms with Crippen molar-refractivity contribution in [3.05, 3.63) is 92.4 Å². The van der Waals surface area contributed by atoms with Gasteiger partial charge in [-0.15, -0.1) is 0 Å². The Bertz CT molecular complexity index is 1300. The van der Waals surface area contributed by atoms with Crippen molar-refractivity contribution in [1.29, 1.82) is 5.26 Å². The van der Waals surface area contributed by atoms with Gasteiger partial charge in [0.05, 0.1) is 17.1 Å². The first-order valence-corrected chi connectivity index (χ1v) is 11.0. The van der Waals surface area contributed by atoms with Gasteiger partial charge in [0.1, 0.15) is 18.2 Å². The van der Waals surface area contributed by atoms with Crippen molar-refractivity contribution in [2.45, 2.75) is 6.61 Å². The van der Waals surface area contributed by atoms with E-state index in [0.29, 0.717) is 32.2 Å². The Hall–Kier alpha value is -3.80. The van der Waals surface area contributed by atoms with Crippen LogP contribution < -0.4 is 14.8 Å². The van der Waals surface area contributed by atoms with E-state index in [1.807, 2.05) is 24.3 Å². The molecule has 0 aliphatic rings. The van der Waals surface area contributed by atoms with Gasteiger partial charge in [-0.1, -0.05) is 29.8 Å². The van der Waals surface area contributed by atoms with E-state index in [-0.39, 0.29) is 17.7 Å². The molecule has 0 radical (unpaired) electrons. The lowest BCUT2D eigenvalue weighted by Crippen LogP contribution is -2.13. The van der Waals surface area contributed by atoms with E-state index in [9.17, 15) is 14.9 Å². The average Bonchev–Trinajstić information content (AvgIpc) is 2.82. The van der Waals surface area contributed by atoms with Gasteiger partial charge in [-0.05, 0) is 70.0 Å². The summed E-state index contributed by atoms with van der Waals surface area (Å²) in [6, 6.07) is 18.1. The predicted octanol–water partition coefficient (Wildman–Crippen LogP) is 5.93. The second-order valence-electron chi connectivity index (χ2n) is 6.92. The summed E-state index contributed by atoms with van der Waals surface area (Å²) in [5.41, 5.74) is 1.63. The summed E-state index contributed by atoms with van der Waals surface area (Å²) in [6.45, 7) is 0.219. The zero-order valence-electron chi connectivity index (χ0n) is 17.8. The van der Waals surface area contributed by atoms with Crippen molar-refractivity contribution in [2.75, 3.05) is 12.4 Å². The molecule has 0 aliphatic carbocycles. The zero-order valence-corrected chi connectivity index (χ0v) is 20.2. The van der Waals surface area contributed by atoms with Crippen LogP contribution in [0.15, 0.2) is 70.7 Å². The Kier molecular flexibility index (Phi) is 8.30. The molecule has 0 heterocycles. The van der Waals surface area contributed by atoms with E-state index in [4.69, 9.17) is 26.2 Å². The van der Waals surface area contributed by atoms with E-state index >= 15 is 0 Å². The van der Waals surface area contributed by atoms with Gasteiger partial charge in [0.2, 0.25) is 0 Å². The number of carboxylic acids is 1. The van der Waals surface area contributed by atoms with E-state index in [2.05, 4.69) is 21.2 Å². The second-order valence-corrected chi connectivity index (χ2v) is 8.18. The highest BCUT2D eigenvalue weighted by atomic mass is 79.9. The molecule has 0 saturated heterocycles. The molecule has 0 aromatic heterocycles. The number of hydrogen-bond donors (Lipinski definition) is 2. The van der Waals surface area contributed by atoms with Crippen molar-refractivity contribution in [2.24, 2.45) is 0 Å². The fraction of sp³-hybridized carbons (Fsp3) is 0.0800. The van der Waals surface area contributed by atoms with E-state index in [1.54, 1.807) is 18.2 Å². The number of halogens is 2. The third kappa shape index (κ3) is 6.16. The van der Waals surface area contributed by atoms with Crippen LogP contribution in [0.25, 0.3) is 6.08 Å². The molecule has 0 aliphatic heterocycles. The molecular weight excluding hydrogens is 524 g/mol. The lowest BCUT2D eigenvalue weighted by Gasteiger charge is -2.14. The third-order valence-electron chi connectivity index (χ3n) is 4.65. The van der Waals surface area contributed by atoms with Crippen LogP contribution in [0.3, 0.4) is 0 Å². The highest BCUT2D eigenvalue weighted by Gasteiger charge is 2.15. The molecule has 2 N–H and O–H groups in total. The maximum absolute atomic E-state index is 12.6. The second kappa shape index (κ2) is 11.4. The average molecular weight is 542 g/mol. The summed E-state index contributed by atoms with van der Waals surface area (Å²) >= 11 is 9.64. The van der Waals surface area contributed by atoms with Crippen LogP contribution in [-0.4, -0.2) is 24.1 Å². The molecule has 3 rings (SSSR count). The fourth-order valence-corrected chi connectivity index (χ4v) is 3.70. The van der Waals surface area contributed by atoms with Crippen LogP contribution in [-0.2, 0) is 11.4 Å². The molecular formula is C25H18BrClN2O5. The quantitative estimate of drug-likeness (QED) is 0.270. The summed E-state index contributed by atoms with van der Waals surface area (Å²) in [4.78, 5) is 23.5. The van der Waals surface area contributed by atoms with Gasteiger partial charge >= 0.3 is 5.97 Å². The largest absolute Gasteiger partial charge is 0.493 e. The molecule has 0 fully saturated rings. The van der Waals surface area contributed by atoms with Crippen LogP contribution in [0.4, 0.5) is 5.69 Å². The Labute approximate surface area is 209 Å². The van der Waals surface area contributed by atoms with Gasteiger partial charge in [-0.2, -0.15) is 5.26 Å². The molecule has 0 atom stereocenters. The lowest BCUT2D eigenvalue weighted by molar-refractivity contribution is -0.112. The van der Waals surface area contributed by atoms with Crippen LogP contribution in [0, 0.1) is 11.3 Å². The first kappa shape index (κ1) is 24.8. The Morgan fingerprint density at radius 1 is 1.18 bits per heavy atom. The van der Waals surface area contributed by atoms with Gasteiger partial charge in [0, 0.05) is 16.3 Å². The zero-order chi connectivity index (χ0) is 24.7. The Morgan fingerprint density at radius 2 is 1.88 bits per heavy atom. The number of carbonyl (C=O) groups is 2. The summed E-state index contributed by atoms with van der Waals surface area (Å²) in [7, 11) is 1.48. The van der Waals surface area contributed by atoms with E-state index < -0.39 is 11.9 Å². The van der Waals surface area contributed by atoms with E-state index in [1.165, 1.54) is 37.5 Å². The van der Waals surface area contributed by atoms with Crippen LogP contribution >= 0.6 is 27.5 Å². The monoisotopic (exact) mass is 540 g/mol. The summed E-state index contributed by atoms with van der Waals surface area (Å²) in [6.07, 6.45) is 1.41. The maximum atomic E-state index is 12.6. The first-order chi connectivity index (χ1) is 16.3. The van der Waals surface area contributed by atoms with Crippen LogP contribution in [0.2, 0.25) is 5.02 Å². The molecule has 0 unspecified atom stereocenters. The summed E-state index contributed by atoms with van der Waals surface area (Å²) in [5, 5.41) is 21.6. The van der Waals surface area contributed by atoms with Crippen LogP contribution in [0.5, 0.6) is 11.5 Å². The fourth-order valence-electron chi connectivity index (χ4n) is 2.94. The molecule has 0 saturated carbocycles. The summed E-state index contributed by atoms with van der Waals surface area (Å²) in [5.74, 6) is -0.871. The number of rotatable bonds is 8. The third-order valence-corrected chi connectivity index (χ3v) is 5.61. The number of carboxylic acid groups (broad SMARTS) is 1. The minimum absolute atomic E-state index is 0.0860. The molecule has 9 heteroatoms. The normalized spacial score (nSPS) is 10.8. The molecule has 3 aromatic carbocycles. The molecule has 1 amide bonds. The number of carbonyl (C=O) groups excluding carboxylic acids is 1. The highest BCUT2D eigenvalue weighted by molar-refractivity contribution is 9.10. The number of aromatic carboxylic acids is 1. The minimum Gasteiger partial charge on any atom is -0.493 e. The number of nitriles is 1. The molecule has 7 nitrogen and oxygen atoms in total. The first-order valence-electron chi connectivity index (χ1n) is 9.82. The van der Waals surface area contributed by atoms with Crippen molar-refractivity contribution < 1.29 is 24.2 Å². The summed E-state index contributed by atoms with van der Waals surface area (Å²) < 4.78 is 11.9. The lowest BCUT2D eigenvalue weighted by atomic mass is 10.1. The number of anilines is 1. The van der Waals surface area contributed by atoms with Crippen molar-refractivity contribution in [3.8, 4) is 17.6 Å².